The zero-order chi connectivity index (χ0) is 7.45. The second-order valence-electron chi connectivity index (χ2n) is 2.59. The van der Waals surface area contributed by atoms with Crippen molar-refractivity contribution in [3.8, 4) is 12.3 Å². The molecule has 1 aliphatic rings. The van der Waals surface area contributed by atoms with Gasteiger partial charge in [0.25, 0.3) is 0 Å². The molecular weight excluding hydrogens is 126 g/mol. The first-order valence-electron chi connectivity index (χ1n) is 3.40. The van der Waals surface area contributed by atoms with E-state index < -0.39 is 5.54 Å². The largest absolute Gasteiger partial charge is 0.236 e. The molecule has 1 rings (SSSR count). The van der Waals surface area contributed by atoms with Gasteiger partial charge in [0.15, 0.2) is 0 Å². The van der Waals surface area contributed by atoms with Crippen molar-refractivity contribution in [2.45, 2.75) is 31.2 Å². The van der Waals surface area contributed by atoms with Crippen LogP contribution in [0.5, 0.6) is 0 Å². The number of aliphatic imine (C=N–C) groups is 1. The van der Waals surface area contributed by atoms with Crippen molar-refractivity contribution in [3.63, 3.8) is 0 Å². The molecule has 0 atom stereocenters. The van der Waals surface area contributed by atoms with Crippen molar-refractivity contribution in [1.29, 1.82) is 0 Å². The van der Waals surface area contributed by atoms with Crippen molar-refractivity contribution in [2.24, 2.45) is 4.99 Å². The minimum absolute atomic E-state index is 0.484. The highest BCUT2D eigenvalue weighted by Gasteiger charge is 2.30. The topological polar surface area (TPSA) is 29.4 Å². The molecule has 52 valence electrons. The molecule has 1 aliphatic carbocycles. The molecule has 0 bridgehead atoms. The van der Waals surface area contributed by atoms with Crippen LogP contribution in [0.2, 0.25) is 0 Å². The van der Waals surface area contributed by atoms with Gasteiger partial charge in [0.2, 0.25) is 6.08 Å². The smallest absolute Gasteiger partial charge is 0.211 e. The maximum Gasteiger partial charge on any atom is 0.236 e. The fourth-order valence-corrected chi connectivity index (χ4v) is 1.34. The molecule has 0 spiro atoms. The predicted octanol–water partition coefficient (Wildman–Crippen LogP) is 1.27. The van der Waals surface area contributed by atoms with Crippen molar-refractivity contribution in [2.75, 3.05) is 0 Å². The SMILES string of the molecule is C#CC1(N=C=O)CCCC1. The summed E-state index contributed by atoms with van der Waals surface area (Å²) < 4.78 is 0. The molecule has 1 saturated carbocycles. The molecule has 0 aliphatic heterocycles. The van der Waals surface area contributed by atoms with E-state index in [9.17, 15) is 4.79 Å². The van der Waals surface area contributed by atoms with Crippen LogP contribution in [-0.2, 0) is 4.79 Å². The fourth-order valence-electron chi connectivity index (χ4n) is 1.34. The van der Waals surface area contributed by atoms with Crippen LogP contribution < -0.4 is 0 Å². The summed E-state index contributed by atoms with van der Waals surface area (Å²) in [5.74, 6) is 2.55. The average Bonchev–Trinajstić information content (AvgIpc) is 2.39. The van der Waals surface area contributed by atoms with Crippen molar-refractivity contribution in [1.82, 2.24) is 0 Å². The number of hydrogen-bond acceptors (Lipinski definition) is 2. The number of nitrogens with zero attached hydrogens (tertiary/aromatic N) is 1. The summed E-state index contributed by atoms with van der Waals surface area (Å²) >= 11 is 0. The van der Waals surface area contributed by atoms with Crippen LogP contribution in [0.3, 0.4) is 0 Å². The van der Waals surface area contributed by atoms with E-state index in [1.165, 1.54) is 6.08 Å². The fraction of sp³-hybridized carbons (Fsp3) is 0.625. The minimum atomic E-state index is -0.484. The van der Waals surface area contributed by atoms with Crippen molar-refractivity contribution < 1.29 is 4.79 Å². The van der Waals surface area contributed by atoms with E-state index in [1.54, 1.807) is 0 Å². The first-order chi connectivity index (χ1) is 4.83. The maximum absolute atomic E-state index is 9.94. The average molecular weight is 135 g/mol. The molecule has 0 amide bonds. The minimum Gasteiger partial charge on any atom is -0.211 e. The van der Waals surface area contributed by atoms with Crippen LogP contribution in [0.25, 0.3) is 0 Å². The van der Waals surface area contributed by atoms with Crippen LogP contribution in [0, 0.1) is 12.3 Å². The van der Waals surface area contributed by atoms with Crippen LogP contribution in [0.15, 0.2) is 4.99 Å². The highest BCUT2D eigenvalue weighted by molar-refractivity contribution is 5.38. The molecule has 1 fully saturated rings. The lowest BCUT2D eigenvalue weighted by atomic mass is 10.0. The van der Waals surface area contributed by atoms with Gasteiger partial charge in [-0.1, -0.05) is 5.92 Å². The van der Waals surface area contributed by atoms with Crippen molar-refractivity contribution >= 4 is 6.08 Å². The first kappa shape index (κ1) is 7.05. The lowest BCUT2D eigenvalue weighted by molar-refractivity contribution is 0.533. The van der Waals surface area contributed by atoms with Gasteiger partial charge >= 0.3 is 0 Å². The number of terminal acetylenes is 1. The predicted molar refractivity (Wildman–Crippen MR) is 38.2 cm³/mol. The standard InChI is InChI=1S/C8H9NO/c1-2-8(9-7-10)5-3-4-6-8/h1H,3-6H2. The lowest BCUT2D eigenvalue weighted by Crippen LogP contribution is -2.17. The van der Waals surface area contributed by atoms with Gasteiger partial charge in [-0.15, -0.1) is 6.42 Å². The third-order valence-electron chi connectivity index (χ3n) is 1.96. The molecule has 2 heteroatoms. The summed E-state index contributed by atoms with van der Waals surface area (Å²) in [5.41, 5.74) is -0.484. The summed E-state index contributed by atoms with van der Waals surface area (Å²) in [7, 11) is 0. The summed E-state index contributed by atoms with van der Waals surface area (Å²) in [5, 5.41) is 0. The second-order valence-corrected chi connectivity index (χ2v) is 2.59. The van der Waals surface area contributed by atoms with Crippen LogP contribution in [0.1, 0.15) is 25.7 Å². The Bertz CT molecular complexity index is 202. The van der Waals surface area contributed by atoms with Gasteiger partial charge in [0.05, 0.1) is 0 Å². The number of hydrogen-bond donors (Lipinski definition) is 0. The molecule has 0 unspecified atom stereocenters. The lowest BCUT2D eigenvalue weighted by Gasteiger charge is -2.12. The molecule has 0 radical (unpaired) electrons. The third-order valence-corrected chi connectivity index (χ3v) is 1.96. The van der Waals surface area contributed by atoms with Gasteiger partial charge in [-0.2, -0.15) is 4.99 Å². The zero-order valence-corrected chi connectivity index (χ0v) is 5.76. The summed E-state index contributed by atoms with van der Waals surface area (Å²) in [4.78, 5) is 13.6. The Labute approximate surface area is 60.3 Å². The maximum atomic E-state index is 9.94. The van der Waals surface area contributed by atoms with Crippen LogP contribution in [-0.4, -0.2) is 11.6 Å². The van der Waals surface area contributed by atoms with E-state index in [-0.39, 0.29) is 0 Å². The Hall–Kier alpha value is -1.06. The molecule has 2 nitrogen and oxygen atoms in total. The quantitative estimate of drug-likeness (QED) is 0.302. The van der Waals surface area contributed by atoms with Gasteiger partial charge < -0.3 is 0 Å². The van der Waals surface area contributed by atoms with Crippen LogP contribution in [0.4, 0.5) is 0 Å². The van der Waals surface area contributed by atoms with Crippen LogP contribution >= 0.6 is 0 Å². The van der Waals surface area contributed by atoms with E-state index in [0.717, 1.165) is 25.7 Å². The molecule has 10 heavy (non-hydrogen) atoms. The Morgan fingerprint density at radius 2 is 2.00 bits per heavy atom. The van der Waals surface area contributed by atoms with Crippen molar-refractivity contribution in [3.05, 3.63) is 0 Å². The normalized spacial score (nSPS) is 21.1. The highest BCUT2D eigenvalue weighted by atomic mass is 16.1. The summed E-state index contributed by atoms with van der Waals surface area (Å²) in [6.45, 7) is 0. The van der Waals surface area contributed by atoms with Gasteiger partial charge in [-0.25, -0.2) is 4.79 Å². The van der Waals surface area contributed by atoms with E-state index in [0.29, 0.717) is 0 Å². The molecular formula is C8H9NO. The number of isocyanates is 1. The Morgan fingerprint density at radius 3 is 2.40 bits per heavy atom. The third kappa shape index (κ3) is 1.10. The van der Waals surface area contributed by atoms with E-state index in [1.807, 2.05) is 0 Å². The summed E-state index contributed by atoms with van der Waals surface area (Å²) in [6.07, 6.45) is 10.6. The molecule has 0 saturated heterocycles. The second kappa shape index (κ2) is 2.68. The van der Waals surface area contributed by atoms with E-state index in [4.69, 9.17) is 6.42 Å². The molecule has 0 heterocycles. The molecule has 0 N–H and O–H groups in total. The molecule has 0 aromatic heterocycles. The monoisotopic (exact) mass is 135 g/mol. The number of carbonyl (C=O) groups excluding carboxylic acids is 1. The first-order valence-corrected chi connectivity index (χ1v) is 3.40. The number of rotatable bonds is 1. The zero-order valence-electron chi connectivity index (χ0n) is 5.76. The van der Waals surface area contributed by atoms with E-state index in [2.05, 4.69) is 10.9 Å². The Morgan fingerprint density at radius 1 is 1.40 bits per heavy atom. The molecule has 0 aromatic carbocycles. The highest BCUT2D eigenvalue weighted by Crippen LogP contribution is 2.31. The van der Waals surface area contributed by atoms with Gasteiger partial charge in [-0.3, -0.25) is 0 Å². The van der Waals surface area contributed by atoms with Gasteiger partial charge in [0.1, 0.15) is 5.54 Å². The van der Waals surface area contributed by atoms with Gasteiger partial charge in [0, 0.05) is 0 Å². The molecule has 0 aromatic rings. The Balaban J connectivity index is 2.79. The van der Waals surface area contributed by atoms with Gasteiger partial charge in [-0.05, 0) is 25.7 Å². The van der Waals surface area contributed by atoms with E-state index >= 15 is 0 Å². The summed E-state index contributed by atoms with van der Waals surface area (Å²) in [6, 6.07) is 0. The Kier molecular flexibility index (Phi) is 1.89.